The van der Waals surface area contributed by atoms with E-state index in [9.17, 15) is 0 Å². The number of nitrogens with zero attached hydrogens (tertiary/aromatic N) is 3. The monoisotopic (exact) mass is 401 g/mol. The van der Waals surface area contributed by atoms with Crippen molar-refractivity contribution in [2.75, 3.05) is 32.8 Å². The van der Waals surface area contributed by atoms with Gasteiger partial charge < -0.3 is 9.30 Å². The fraction of sp³-hybridized carbons (Fsp3) is 0.385. The molecule has 2 aliphatic rings. The molecular weight excluding hydrogens is 370 g/mol. The molecule has 30 heavy (non-hydrogen) atoms. The molecule has 2 atom stereocenters. The molecule has 2 aromatic carbocycles. The molecule has 0 bridgehead atoms. The lowest BCUT2D eigenvalue weighted by molar-refractivity contribution is 0.0241. The van der Waals surface area contributed by atoms with Gasteiger partial charge in [-0.1, -0.05) is 54.6 Å². The lowest BCUT2D eigenvalue weighted by atomic mass is 9.81. The molecule has 2 aliphatic heterocycles. The summed E-state index contributed by atoms with van der Waals surface area (Å²) in [6, 6.07) is 24.8. The van der Waals surface area contributed by atoms with Gasteiger partial charge in [0, 0.05) is 57.6 Å². The number of ether oxygens (including phenoxy) is 1. The summed E-state index contributed by atoms with van der Waals surface area (Å²) in [6.45, 7) is 6.76. The quantitative estimate of drug-likeness (QED) is 0.639. The second kappa shape index (κ2) is 8.76. The molecule has 4 nitrogen and oxygen atoms in total. The maximum absolute atomic E-state index is 5.62. The molecular formula is C26H31N3O. The largest absolute Gasteiger partial charge is 0.379 e. The fourth-order valence-corrected chi connectivity index (χ4v) is 5.19. The van der Waals surface area contributed by atoms with E-state index in [-0.39, 0.29) is 0 Å². The molecule has 0 amide bonds. The van der Waals surface area contributed by atoms with Crippen molar-refractivity contribution in [3.63, 3.8) is 0 Å². The molecule has 1 fully saturated rings. The van der Waals surface area contributed by atoms with Gasteiger partial charge in [-0.05, 0) is 28.8 Å². The van der Waals surface area contributed by atoms with E-state index in [1.54, 1.807) is 0 Å². The van der Waals surface area contributed by atoms with E-state index in [1.807, 2.05) is 0 Å². The zero-order chi connectivity index (χ0) is 20.3. The van der Waals surface area contributed by atoms with Gasteiger partial charge in [0.25, 0.3) is 0 Å². The molecule has 156 valence electrons. The van der Waals surface area contributed by atoms with Crippen molar-refractivity contribution in [2.24, 2.45) is 7.05 Å². The molecule has 1 saturated heterocycles. The molecule has 3 heterocycles. The van der Waals surface area contributed by atoms with Crippen molar-refractivity contribution in [1.82, 2.24) is 14.4 Å². The predicted molar refractivity (Wildman–Crippen MR) is 120 cm³/mol. The van der Waals surface area contributed by atoms with Crippen LogP contribution in [0.1, 0.15) is 34.3 Å². The number of hydrogen-bond donors (Lipinski definition) is 0. The normalized spacial score (nSPS) is 22.7. The van der Waals surface area contributed by atoms with Crippen molar-refractivity contribution in [3.8, 4) is 0 Å². The topological polar surface area (TPSA) is 20.6 Å². The first kappa shape index (κ1) is 19.6. The van der Waals surface area contributed by atoms with E-state index in [2.05, 4.69) is 94.3 Å². The third-order valence-corrected chi connectivity index (χ3v) is 6.68. The molecule has 5 rings (SSSR count). The number of aryl methyl sites for hydroxylation is 1. The van der Waals surface area contributed by atoms with Crippen LogP contribution in [0.3, 0.4) is 0 Å². The molecule has 0 saturated carbocycles. The Kier molecular flexibility index (Phi) is 5.71. The molecule has 0 radical (unpaired) electrons. The van der Waals surface area contributed by atoms with Crippen molar-refractivity contribution in [3.05, 3.63) is 95.3 Å². The lowest BCUT2D eigenvalue weighted by Gasteiger charge is -2.45. The summed E-state index contributed by atoms with van der Waals surface area (Å²) in [5.41, 5.74) is 5.76. The summed E-state index contributed by atoms with van der Waals surface area (Å²) in [7, 11) is 2.18. The number of fused-ring (bicyclic) bond motifs is 1. The molecule has 1 aromatic heterocycles. The second-order valence-corrected chi connectivity index (χ2v) is 8.60. The van der Waals surface area contributed by atoms with E-state index < -0.39 is 0 Å². The second-order valence-electron chi connectivity index (χ2n) is 8.60. The van der Waals surface area contributed by atoms with Crippen LogP contribution in [0, 0.1) is 0 Å². The number of hydrogen-bond acceptors (Lipinski definition) is 3. The molecule has 4 heteroatoms. The summed E-state index contributed by atoms with van der Waals surface area (Å²) in [5, 5.41) is 0. The maximum atomic E-state index is 5.62. The van der Waals surface area contributed by atoms with Crippen LogP contribution in [0.4, 0.5) is 0 Å². The molecule has 0 N–H and O–H groups in total. The van der Waals surface area contributed by atoms with Crippen molar-refractivity contribution in [2.45, 2.75) is 25.0 Å². The lowest BCUT2D eigenvalue weighted by Crippen LogP contribution is -2.45. The summed E-state index contributed by atoms with van der Waals surface area (Å²) in [5.74, 6) is 0.436. The first-order valence-corrected chi connectivity index (χ1v) is 11.1. The van der Waals surface area contributed by atoms with Gasteiger partial charge in [0.15, 0.2) is 0 Å². The highest BCUT2D eigenvalue weighted by Crippen LogP contribution is 2.43. The Morgan fingerprint density at radius 1 is 0.900 bits per heavy atom. The number of rotatable bonds is 5. The van der Waals surface area contributed by atoms with Crippen LogP contribution in [-0.4, -0.2) is 47.2 Å². The Hall–Kier alpha value is -2.40. The zero-order valence-electron chi connectivity index (χ0n) is 17.8. The highest BCUT2D eigenvalue weighted by atomic mass is 16.5. The third-order valence-electron chi connectivity index (χ3n) is 6.68. The van der Waals surface area contributed by atoms with Crippen LogP contribution in [-0.2, 0) is 24.9 Å². The summed E-state index contributed by atoms with van der Waals surface area (Å²) >= 11 is 0. The maximum Gasteiger partial charge on any atom is 0.0594 e. The minimum atomic E-state index is 0.350. The third kappa shape index (κ3) is 3.95. The number of aromatic nitrogens is 1. The van der Waals surface area contributed by atoms with E-state index in [0.717, 1.165) is 45.9 Å². The van der Waals surface area contributed by atoms with Gasteiger partial charge in [-0.2, -0.15) is 0 Å². The summed E-state index contributed by atoms with van der Waals surface area (Å²) < 4.78 is 7.93. The van der Waals surface area contributed by atoms with Crippen molar-refractivity contribution >= 4 is 0 Å². The Bertz CT molecular complexity index is 961. The van der Waals surface area contributed by atoms with Crippen molar-refractivity contribution < 1.29 is 4.74 Å². The minimum Gasteiger partial charge on any atom is -0.379 e. The van der Waals surface area contributed by atoms with Gasteiger partial charge in [-0.15, -0.1) is 0 Å². The first-order valence-electron chi connectivity index (χ1n) is 11.1. The van der Waals surface area contributed by atoms with Crippen LogP contribution in [0.25, 0.3) is 0 Å². The van der Waals surface area contributed by atoms with E-state index in [1.165, 1.54) is 22.4 Å². The fourth-order valence-electron chi connectivity index (χ4n) is 5.19. The first-order chi connectivity index (χ1) is 14.8. The Labute approximate surface area is 179 Å². The Morgan fingerprint density at radius 3 is 2.43 bits per heavy atom. The van der Waals surface area contributed by atoms with E-state index in [0.29, 0.717) is 12.0 Å². The van der Waals surface area contributed by atoms with E-state index >= 15 is 0 Å². The highest BCUT2D eigenvalue weighted by Gasteiger charge is 2.38. The SMILES string of the molecule is Cn1cccc1[C@H]1[C@H](CN2CCOCC2)c2ccccc2CN1Cc1ccccc1. The number of morpholine rings is 1. The smallest absolute Gasteiger partial charge is 0.0594 e. The summed E-state index contributed by atoms with van der Waals surface area (Å²) in [6.07, 6.45) is 2.18. The average molecular weight is 402 g/mol. The van der Waals surface area contributed by atoms with Gasteiger partial charge >= 0.3 is 0 Å². The van der Waals surface area contributed by atoms with Gasteiger partial charge in [0.2, 0.25) is 0 Å². The molecule has 3 aromatic rings. The van der Waals surface area contributed by atoms with Crippen LogP contribution in [0.15, 0.2) is 72.9 Å². The highest BCUT2D eigenvalue weighted by molar-refractivity contribution is 5.37. The van der Waals surface area contributed by atoms with Crippen LogP contribution in [0.5, 0.6) is 0 Å². The van der Waals surface area contributed by atoms with Gasteiger partial charge in [-0.3, -0.25) is 9.80 Å². The van der Waals surface area contributed by atoms with Crippen LogP contribution in [0.2, 0.25) is 0 Å². The Balaban J connectivity index is 1.55. The molecule has 0 spiro atoms. The van der Waals surface area contributed by atoms with Gasteiger partial charge in [0.1, 0.15) is 0 Å². The summed E-state index contributed by atoms with van der Waals surface area (Å²) in [4.78, 5) is 5.27. The van der Waals surface area contributed by atoms with E-state index in [4.69, 9.17) is 4.74 Å². The minimum absolute atomic E-state index is 0.350. The van der Waals surface area contributed by atoms with Crippen LogP contribution >= 0.6 is 0 Å². The van der Waals surface area contributed by atoms with Crippen molar-refractivity contribution in [1.29, 1.82) is 0 Å². The number of benzene rings is 2. The molecule has 0 aliphatic carbocycles. The van der Waals surface area contributed by atoms with Crippen LogP contribution < -0.4 is 0 Å². The van der Waals surface area contributed by atoms with Gasteiger partial charge in [0.05, 0.1) is 19.3 Å². The molecule has 0 unspecified atom stereocenters. The zero-order valence-corrected chi connectivity index (χ0v) is 17.8. The van der Waals surface area contributed by atoms with Gasteiger partial charge in [-0.25, -0.2) is 0 Å². The predicted octanol–water partition coefficient (Wildman–Crippen LogP) is 4.20. The standard InChI is InChI=1S/C26H31N3O/c1-27-13-7-12-25(27)26-24(20-28-14-16-30-17-15-28)23-11-6-5-10-22(23)19-29(26)18-21-8-3-2-4-9-21/h2-13,24,26H,14-20H2,1H3/t24-,26-/m1/s1. The Morgan fingerprint density at radius 2 is 1.67 bits per heavy atom. The average Bonchev–Trinajstić information content (AvgIpc) is 3.21.